The molecular formula is C60H50N2. The molecule has 0 fully saturated rings. The van der Waals surface area contributed by atoms with E-state index >= 15 is 0 Å². The highest BCUT2D eigenvalue weighted by Crippen LogP contribution is 2.47. The summed E-state index contributed by atoms with van der Waals surface area (Å²) in [6.07, 6.45) is 0. The number of hydrogen-bond donors (Lipinski definition) is 0. The summed E-state index contributed by atoms with van der Waals surface area (Å²) in [7, 11) is 0. The van der Waals surface area contributed by atoms with Gasteiger partial charge in [-0.25, -0.2) is 0 Å². The molecule has 11 rings (SSSR count). The lowest BCUT2D eigenvalue weighted by Crippen LogP contribution is -2.15. The number of rotatable bonds is 6. The van der Waals surface area contributed by atoms with E-state index in [2.05, 4.69) is 245 Å². The van der Waals surface area contributed by atoms with Crippen molar-refractivity contribution in [3.63, 3.8) is 0 Å². The van der Waals surface area contributed by atoms with Gasteiger partial charge < -0.3 is 9.47 Å². The summed E-state index contributed by atoms with van der Waals surface area (Å²) in [6, 6.07) is 72.5. The Labute approximate surface area is 364 Å². The summed E-state index contributed by atoms with van der Waals surface area (Å²) in [5.74, 6) is 0. The zero-order chi connectivity index (χ0) is 42.3. The molecule has 1 heterocycles. The maximum atomic E-state index is 2.51. The van der Waals surface area contributed by atoms with Gasteiger partial charge in [0.1, 0.15) is 0 Å². The number of fused-ring (bicyclic) bond motifs is 3. The lowest BCUT2D eigenvalue weighted by Gasteiger charge is -2.31. The van der Waals surface area contributed by atoms with E-state index in [0.717, 1.165) is 17.1 Å². The van der Waals surface area contributed by atoms with E-state index in [1.54, 1.807) is 0 Å². The Kier molecular flexibility index (Phi) is 8.67. The zero-order valence-electron chi connectivity index (χ0n) is 36.4. The highest BCUT2D eigenvalue weighted by atomic mass is 15.1. The van der Waals surface area contributed by atoms with Crippen LogP contribution in [0.25, 0.3) is 82.1 Å². The van der Waals surface area contributed by atoms with E-state index in [9.17, 15) is 0 Å². The molecule has 10 aromatic carbocycles. The average molecular weight is 799 g/mol. The van der Waals surface area contributed by atoms with Crippen molar-refractivity contribution < 1.29 is 0 Å². The third kappa shape index (κ3) is 6.24. The van der Waals surface area contributed by atoms with Crippen molar-refractivity contribution >= 4 is 71.2 Å². The summed E-state index contributed by atoms with van der Waals surface area (Å²) in [5.41, 5.74) is 14.5. The molecule has 0 saturated heterocycles. The lowest BCUT2D eigenvalue weighted by molar-refractivity contribution is 0.590. The van der Waals surface area contributed by atoms with Crippen LogP contribution in [-0.2, 0) is 10.8 Å². The van der Waals surface area contributed by atoms with Crippen LogP contribution in [0.1, 0.15) is 52.7 Å². The molecule has 0 aliphatic heterocycles. The molecular weight excluding hydrogens is 749 g/mol. The maximum absolute atomic E-state index is 2.51. The third-order valence-corrected chi connectivity index (χ3v) is 13.0. The zero-order valence-corrected chi connectivity index (χ0v) is 36.4. The predicted molar refractivity (Wildman–Crippen MR) is 267 cm³/mol. The molecule has 0 bridgehead atoms. The van der Waals surface area contributed by atoms with Crippen molar-refractivity contribution in [2.45, 2.75) is 52.4 Å². The Morgan fingerprint density at radius 3 is 1.58 bits per heavy atom. The van der Waals surface area contributed by atoms with Gasteiger partial charge in [0.2, 0.25) is 0 Å². The molecule has 0 atom stereocenters. The minimum Gasteiger partial charge on any atom is -0.310 e. The summed E-state index contributed by atoms with van der Waals surface area (Å²) in [5, 5.41) is 10.1. The standard InChI is InChI=1S/C60H50N2/c1-59(2,3)45-29-23-40(24-30-45)44-35-46(60(4,5)6)38-48(37-44)61(47-18-14-17-43(36-47)39-15-8-7-9-16-39)55-33-27-41-26-32-52-56(34-28-42-25-31-51(55)57(41)58(42)52)62-53-21-12-10-19-49(53)50-20-11-13-22-54(50)62/h7-38H,1-6H3. The van der Waals surface area contributed by atoms with Crippen molar-refractivity contribution in [2.24, 2.45) is 0 Å². The minimum atomic E-state index is -0.0838. The first-order valence-corrected chi connectivity index (χ1v) is 21.9. The first-order valence-electron chi connectivity index (χ1n) is 21.9. The van der Waals surface area contributed by atoms with Gasteiger partial charge in [-0.2, -0.15) is 0 Å². The number of benzene rings is 10. The van der Waals surface area contributed by atoms with Gasteiger partial charge >= 0.3 is 0 Å². The van der Waals surface area contributed by atoms with Gasteiger partial charge in [0.25, 0.3) is 0 Å². The summed E-state index contributed by atoms with van der Waals surface area (Å²) >= 11 is 0. The predicted octanol–water partition coefficient (Wildman–Crippen LogP) is 17.1. The van der Waals surface area contributed by atoms with Crippen LogP contribution in [0.3, 0.4) is 0 Å². The Hall–Kier alpha value is -7.16. The second kappa shape index (κ2) is 14.2. The van der Waals surface area contributed by atoms with Crippen LogP contribution >= 0.6 is 0 Å². The molecule has 0 N–H and O–H groups in total. The van der Waals surface area contributed by atoms with E-state index in [1.807, 2.05) is 0 Å². The molecule has 0 aliphatic carbocycles. The Balaban J connectivity index is 1.18. The van der Waals surface area contributed by atoms with E-state index in [0.29, 0.717) is 0 Å². The smallest absolute Gasteiger partial charge is 0.0541 e. The molecule has 0 saturated carbocycles. The summed E-state index contributed by atoms with van der Waals surface area (Å²) in [4.78, 5) is 2.51. The van der Waals surface area contributed by atoms with Crippen molar-refractivity contribution in [1.29, 1.82) is 0 Å². The monoisotopic (exact) mass is 798 g/mol. The van der Waals surface area contributed by atoms with Crippen LogP contribution < -0.4 is 4.90 Å². The molecule has 0 amide bonds. The van der Waals surface area contributed by atoms with Gasteiger partial charge in [0.05, 0.1) is 22.4 Å². The highest BCUT2D eigenvalue weighted by Gasteiger charge is 2.24. The van der Waals surface area contributed by atoms with Crippen LogP contribution in [-0.4, -0.2) is 4.57 Å². The van der Waals surface area contributed by atoms with Crippen LogP contribution in [0.2, 0.25) is 0 Å². The molecule has 2 heteroatoms. The molecule has 0 unspecified atom stereocenters. The lowest BCUT2D eigenvalue weighted by atomic mass is 9.83. The molecule has 2 nitrogen and oxygen atoms in total. The maximum Gasteiger partial charge on any atom is 0.0541 e. The number of anilines is 3. The number of para-hydroxylation sites is 2. The van der Waals surface area contributed by atoms with E-state index in [-0.39, 0.29) is 10.8 Å². The van der Waals surface area contributed by atoms with Gasteiger partial charge in [-0.05, 0) is 114 Å². The van der Waals surface area contributed by atoms with Gasteiger partial charge in [-0.3, -0.25) is 0 Å². The second-order valence-corrected chi connectivity index (χ2v) is 19.1. The number of nitrogens with zero attached hydrogens (tertiary/aromatic N) is 2. The number of aromatic nitrogens is 1. The third-order valence-electron chi connectivity index (χ3n) is 13.0. The van der Waals surface area contributed by atoms with Crippen molar-refractivity contribution in [3.05, 3.63) is 205 Å². The summed E-state index contributed by atoms with van der Waals surface area (Å²) < 4.78 is 2.46. The molecule has 0 aliphatic rings. The van der Waals surface area contributed by atoms with Crippen molar-refractivity contribution in [2.75, 3.05) is 4.90 Å². The first-order chi connectivity index (χ1) is 30.0. The normalized spacial score (nSPS) is 12.4. The summed E-state index contributed by atoms with van der Waals surface area (Å²) in [6.45, 7) is 13.8. The molecule has 11 aromatic rings. The van der Waals surface area contributed by atoms with Gasteiger partial charge in [0, 0.05) is 32.9 Å². The Bertz CT molecular complexity index is 3410. The quantitative estimate of drug-likeness (QED) is 0.152. The van der Waals surface area contributed by atoms with Crippen molar-refractivity contribution in [1.82, 2.24) is 4.57 Å². The van der Waals surface area contributed by atoms with Gasteiger partial charge in [-0.1, -0.05) is 187 Å². The van der Waals surface area contributed by atoms with Crippen LogP contribution in [0.5, 0.6) is 0 Å². The Morgan fingerprint density at radius 1 is 0.355 bits per heavy atom. The minimum absolute atomic E-state index is 0.0801. The van der Waals surface area contributed by atoms with E-state index in [4.69, 9.17) is 0 Å². The molecule has 1 aromatic heterocycles. The molecule has 0 radical (unpaired) electrons. The second-order valence-electron chi connectivity index (χ2n) is 19.1. The fourth-order valence-electron chi connectivity index (χ4n) is 9.73. The molecule has 62 heavy (non-hydrogen) atoms. The van der Waals surface area contributed by atoms with E-state index in [1.165, 1.54) is 93.2 Å². The Morgan fingerprint density at radius 2 is 0.903 bits per heavy atom. The van der Waals surface area contributed by atoms with Crippen LogP contribution in [0, 0.1) is 0 Å². The van der Waals surface area contributed by atoms with Crippen molar-refractivity contribution in [3.8, 4) is 27.9 Å². The van der Waals surface area contributed by atoms with E-state index < -0.39 is 0 Å². The molecule has 0 spiro atoms. The van der Waals surface area contributed by atoms with Gasteiger partial charge in [-0.15, -0.1) is 0 Å². The SMILES string of the molecule is CC(C)(C)c1ccc(-c2cc(N(c3cccc(-c4ccccc4)c3)c3ccc4ccc5c(-n6c7ccccc7c7ccccc76)ccc6ccc3c4c65)cc(C(C)(C)C)c2)cc1. The number of hydrogen-bond acceptors (Lipinski definition) is 1. The van der Waals surface area contributed by atoms with Crippen LogP contribution in [0.4, 0.5) is 17.1 Å². The first kappa shape index (κ1) is 37.8. The topological polar surface area (TPSA) is 8.17 Å². The molecule has 300 valence electrons. The average Bonchev–Trinajstić information content (AvgIpc) is 3.62. The fraction of sp³-hybridized carbons (Fsp3) is 0.133. The highest BCUT2D eigenvalue weighted by molar-refractivity contribution is 6.27. The van der Waals surface area contributed by atoms with Crippen LogP contribution in [0.15, 0.2) is 194 Å². The van der Waals surface area contributed by atoms with Gasteiger partial charge in [0.15, 0.2) is 0 Å². The largest absolute Gasteiger partial charge is 0.310 e. The fourth-order valence-corrected chi connectivity index (χ4v) is 9.73.